The molecule has 5 heteroatoms. The summed E-state index contributed by atoms with van der Waals surface area (Å²) in [5.74, 6) is -2.29. The van der Waals surface area contributed by atoms with E-state index in [1.807, 2.05) is 0 Å². The van der Waals surface area contributed by atoms with E-state index in [-0.39, 0.29) is 11.3 Å². The van der Waals surface area contributed by atoms with E-state index in [1.54, 1.807) is 0 Å². The molecule has 0 aromatic heterocycles. The van der Waals surface area contributed by atoms with Crippen LogP contribution in [0.25, 0.3) is 0 Å². The van der Waals surface area contributed by atoms with Crippen LogP contribution in [0, 0.1) is 23.0 Å². The van der Waals surface area contributed by atoms with Crippen LogP contribution in [0.15, 0.2) is 12.1 Å². The van der Waals surface area contributed by atoms with Crippen molar-refractivity contribution in [2.75, 3.05) is 19.0 Å². The molecule has 0 spiro atoms. The first kappa shape index (κ1) is 13.3. The van der Waals surface area contributed by atoms with Gasteiger partial charge < -0.3 is 10.1 Å². The number of nitrogens with one attached hydrogen (secondary N) is 1. The third-order valence-electron chi connectivity index (χ3n) is 4.45. The molecule has 108 valence electrons. The highest BCUT2D eigenvalue weighted by atomic mass is 19.2. The summed E-state index contributed by atoms with van der Waals surface area (Å²) in [5, 5.41) is 2.99. The molecule has 0 atom stereocenters. The standard InChI is InChI=1S/C15H17F2NO2/c1-20-14(19)10-4-5-11(13(17)12(10)16)18-8-15(6-7-15)9-2-3-9/h4-5,9,18H,2-3,6-8H2,1H3. The molecule has 0 radical (unpaired) electrons. The Hall–Kier alpha value is -1.65. The fourth-order valence-electron chi connectivity index (χ4n) is 2.81. The Morgan fingerprint density at radius 2 is 2.05 bits per heavy atom. The van der Waals surface area contributed by atoms with Crippen molar-refractivity contribution in [1.29, 1.82) is 0 Å². The second-order valence-corrected chi connectivity index (χ2v) is 5.77. The van der Waals surface area contributed by atoms with Gasteiger partial charge in [-0.05, 0) is 49.1 Å². The zero-order valence-corrected chi connectivity index (χ0v) is 11.3. The van der Waals surface area contributed by atoms with Crippen molar-refractivity contribution in [1.82, 2.24) is 0 Å². The van der Waals surface area contributed by atoms with Crippen LogP contribution in [0.3, 0.4) is 0 Å². The van der Waals surface area contributed by atoms with Gasteiger partial charge in [0.05, 0.1) is 18.4 Å². The zero-order chi connectivity index (χ0) is 14.3. The number of carbonyl (C=O) groups is 1. The van der Waals surface area contributed by atoms with Crippen molar-refractivity contribution in [3.05, 3.63) is 29.3 Å². The predicted octanol–water partition coefficient (Wildman–Crippen LogP) is 3.35. The molecule has 3 nitrogen and oxygen atoms in total. The summed E-state index contributed by atoms with van der Waals surface area (Å²) < 4.78 is 32.1. The van der Waals surface area contributed by atoms with Crippen molar-refractivity contribution in [2.45, 2.75) is 25.7 Å². The Morgan fingerprint density at radius 3 is 2.60 bits per heavy atom. The number of anilines is 1. The van der Waals surface area contributed by atoms with Crippen LogP contribution in [-0.2, 0) is 4.74 Å². The van der Waals surface area contributed by atoms with Crippen LogP contribution in [0.5, 0.6) is 0 Å². The third kappa shape index (κ3) is 2.25. The van der Waals surface area contributed by atoms with Crippen molar-refractivity contribution < 1.29 is 18.3 Å². The van der Waals surface area contributed by atoms with E-state index in [4.69, 9.17) is 0 Å². The minimum Gasteiger partial charge on any atom is -0.465 e. The molecule has 1 aromatic rings. The highest BCUT2D eigenvalue weighted by Crippen LogP contribution is 2.61. The van der Waals surface area contributed by atoms with Crippen LogP contribution in [0.1, 0.15) is 36.0 Å². The van der Waals surface area contributed by atoms with Gasteiger partial charge in [0.25, 0.3) is 0 Å². The van der Waals surface area contributed by atoms with Gasteiger partial charge in [0.1, 0.15) is 0 Å². The smallest absolute Gasteiger partial charge is 0.340 e. The monoisotopic (exact) mass is 281 g/mol. The molecule has 0 unspecified atom stereocenters. The molecule has 2 fully saturated rings. The molecule has 2 saturated carbocycles. The average molecular weight is 281 g/mol. The molecule has 2 aliphatic rings. The number of ether oxygens (including phenoxy) is 1. The predicted molar refractivity (Wildman–Crippen MR) is 70.6 cm³/mol. The fraction of sp³-hybridized carbons (Fsp3) is 0.533. The van der Waals surface area contributed by atoms with Gasteiger partial charge in [-0.25, -0.2) is 13.6 Å². The summed E-state index contributed by atoms with van der Waals surface area (Å²) in [5.41, 5.74) is 0.0326. The molecule has 0 aliphatic heterocycles. The summed E-state index contributed by atoms with van der Waals surface area (Å²) in [6, 6.07) is 2.65. The van der Waals surface area contributed by atoms with Gasteiger partial charge in [-0.15, -0.1) is 0 Å². The second-order valence-electron chi connectivity index (χ2n) is 5.77. The lowest BCUT2D eigenvalue weighted by Gasteiger charge is -2.17. The van der Waals surface area contributed by atoms with E-state index in [1.165, 1.54) is 25.0 Å². The Bertz CT molecular complexity index is 551. The first-order chi connectivity index (χ1) is 9.57. The number of benzene rings is 1. The Labute approximate surface area is 116 Å². The minimum atomic E-state index is -1.15. The van der Waals surface area contributed by atoms with Crippen LogP contribution >= 0.6 is 0 Å². The molecule has 0 amide bonds. The zero-order valence-electron chi connectivity index (χ0n) is 11.3. The first-order valence-corrected chi connectivity index (χ1v) is 6.87. The number of hydrogen-bond acceptors (Lipinski definition) is 3. The normalized spacial score (nSPS) is 19.6. The van der Waals surface area contributed by atoms with Crippen LogP contribution in [-0.4, -0.2) is 19.6 Å². The Balaban J connectivity index is 1.74. The summed E-state index contributed by atoms with van der Waals surface area (Å²) in [6.07, 6.45) is 4.82. The summed E-state index contributed by atoms with van der Waals surface area (Å²) in [7, 11) is 1.14. The first-order valence-electron chi connectivity index (χ1n) is 6.87. The number of hydrogen-bond donors (Lipinski definition) is 1. The van der Waals surface area contributed by atoms with E-state index in [2.05, 4.69) is 10.1 Å². The maximum Gasteiger partial charge on any atom is 0.340 e. The number of halogens is 2. The third-order valence-corrected chi connectivity index (χ3v) is 4.45. The molecule has 1 aromatic carbocycles. The van der Waals surface area contributed by atoms with Gasteiger partial charge in [0, 0.05) is 6.54 Å². The molecule has 2 aliphatic carbocycles. The highest BCUT2D eigenvalue weighted by molar-refractivity contribution is 5.90. The maximum atomic E-state index is 13.9. The number of rotatable bonds is 5. The molecular formula is C15H17F2NO2. The van der Waals surface area contributed by atoms with Gasteiger partial charge in [-0.2, -0.15) is 0 Å². The van der Waals surface area contributed by atoms with Crippen molar-refractivity contribution >= 4 is 11.7 Å². The van der Waals surface area contributed by atoms with Crippen LogP contribution in [0.4, 0.5) is 14.5 Å². The lowest BCUT2D eigenvalue weighted by Crippen LogP contribution is -2.18. The fourth-order valence-corrected chi connectivity index (χ4v) is 2.81. The van der Waals surface area contributed by atoms with Crippen LogP contribution < -0.4 is 5.32 Å². The Morgan fingerprint density at radius 1 is 1.35 bits per heavy atom. The van der Waals surface area contributed by atoms with E-state index >= 15 is 0 Å². The molecule has 20 heavy (non-hydrogen) atoms. The quantitative estimate of drug-likeness (QED) is 0.841. The van der Waals surface area contributed by atoms with Crippen molar-refractivity contribution in [3.8, 4) is 0 Å². The maximum absolute atomic E-state index is 13.9. The topological polar surface area (TPSA) is 38.3 Å². The van der Waals surface area contributed by atoms with E-state index < -0.39 is 17.6 Å². The van der Waals surface area contributed by atoms with Crippen LogP contribution in [0.2, 0.25) is 0 Å². The van der Waals surface area contributed by atoms with Gasteiger partial charge in [-0.3, -0.25) is 0 Å². The van der Waals surface area contributed by atoms with Crippen molar-refractivity contribution in [3.63, 3.8) is 0 Å². The average Bonchev–Trinajstić information content (AvgIpc) is 3.31. The van der Waals surface area contributed by atoms with Gasteiger partial charge in [-0.1, -0.05) is 0 Å². The molecule has 0 heterocycles. The molecule has 1 N–H and O–H groups in total. The second kappa shape index (κ2) is 4.72. The largest absolute Gasteiger partial charge is 0.465 e. The lowest BCUT2D eigenvalue weighted by molar-refractivity contribution is 0.0594. The van der Waals surface area contributed by atoms with Gasteiger partial charge in [0.2, 0.25) is 0 Å². The number of methoxy groups -OCH3 is 1. The van der Waals surface area contributed by atoms with E-state index in [0.29, 0.717) is 12.0 Å². The SMILES string of the molecule is COC(=O)c1ccc(NCC2(C3CC3)CC2)c(F)c1F. The van der Waals surface area contributed by atoms with Gasteiger partial charge in [0.15, 0.2) is 11.6 Å². The number of carbonyl (C=O) groups excluding carboxylic acids is 1. The highest BCUT2D eigenvalue weighted by Gasteiger charge is 2.53. The summed E-state index contributed by atoms with van der Waals surface area (Å²) >= 11 is 0. The van der Waals surface area contributed by atoms with E-state index in [0.717, 1.165) is 25.9 Å². The lowest BCUT2D eigenvalue weighted by atomic mass is 10.0. The molecule has 0 bridgehead atoms. The Kier molecular flexibility index (Phi) is 3.15. The minimum absolute atomic E-state index is 0.113. The molecular weight excluding hydrogens is 264 g/mol. The number of esters is 1. The summed E-state index contributed by atoms with van der Waals surface area (Å²) in [6.45, 7) is 0.672. The van der Waals surface area contributed by atoms with Gasteiger partial charge >= 0.3 is 5.97 Å². The van der Waals surface area contributed by atoms with E-state index in [9.17, 15) is 13.6 Å². The van der Waals surface area contributed by atoms with Crippen molar-refractivity contribution in [2.24, 2.45) is 11.3 Å². The molecule has 0 saturated heterocycles. The summed E-state index contributed by atoms with van der Waals surface area (Å²) in [4.78, 5) is 11.3. The molecule has 3 rings (SSSR count).